The molecule has 0 saturated carbocycles. The van der Waals surface area contributed by atoms with Gasteiger partial charge in [0.1, 0.15) is 11.5 Å². The molecule has 0 unspecified atom stereocenters. The number of unbranched alkanes of at least 4 members (excludes halogenated alkanes) is 6. The monoisotopic (exact) mass is 378 g/mol. The summed E-state index contributed by atoms with van der Waals surface area (Å²) in [5.41, 5.74) is 1.99. The summed E-state index contributed by atoms with van der Waals surface area (Å²) >= 11 is 0. The molecule has 0 amide bonds. The summed E-state index contributed by atoms with van der Waals surface area (Å²) in [6.45, 7) is 6.02. The highest BCUT2D eigenvalue weighted by Crippen LogP contribution is 2.14. The Morgan fingerprint density at radius 3 is 1.29 bits per heavy atom. The molecule has 28 heavy (non-hydrogen) atoms. The van der Waals surface area contributed by atoms with Gasteiger partial charge in [0.15, 0.2) is 0 Å². The van der Waals surface area contributed by atoms with Crippen molar-refractivity contribution in [2.24, 2.45) is 0 Å². The van der Waals surface area contributed by atoms with E-state index in [1.807, 2.05) is 48.5 Å². The molecule has 0 aliphatic heterocycles. The first kappa shape index (κ1) is 21.9. The normalized spacial score (nSPS) is 10.2. The molecule has 150 valence electrons. The van der Waals surface area contributed by atoms with Crippen LogP contribution in [0.1, 0.15) is 76.3 Å². The van der Waals surface area contributed by atoms with Gasteiger partial charge in [0, 0.05) is 11.1 Å². The minimum Gasteiger partial charge on any atom is -0.494 e. The van der Waals surface area contributed by atoms with Crippen LogP contribution >= 0.6 is 0 Å². The van der Waals surface area contributed by atoms with E-state index in [1.165, 1.54) is 38.5 Å². The summed E-state index contributed by atoms with van der Waals surface area (Å²) in [7, 11) is 0. The molecule has 0 atom stereocenters. The average Bonchev–Trinajstić information content (AvgIpc) is 2.74. The first-order chi connectivity index (χ1) is 13.8. The molecule has 0 heterocycles. The van der Waals surface area contributed by atoms with Crippen molar-refractivity contribution in [2.45, 2.75) is 65.2 Å². The predicted octanol–water partition coefficient (Wildman–Crippen LogP) is 7.00. The second kappa shape index (κ2) is 13.7. The van der Waals surface area contributed by atoms with E-state index in [2.05, 4.69) is 25.7 Å². The zero-order valence-corrected chi connectivity index (χ0v) is 17.5. The Labute approximate surface area is 171 Å². The van der Waals surface area contributed by atoms with Crippen molar-refractivity contribution in [3.8, 4) is 23.3 Å². The van der Waals surface area contributed by atoms with Gasteiger partial charge in [0.2, 0.25) is 0 Å². The lowest BCUT2D eigenvalue weighted by molar-refractivity contribution is 0.305. The number of hydrogen-bond acceptors (Lipinski definition) is 2. The lowest BCUT2D eigenvalue weighted by Gasteiger charge is -2.06. The van der Waals surface area contributed by atoms with E-state index in [1.54, 1.807) is 0 Å². The fourth-order valence-corrected chi connectivity index (χ4v) is 2.85. The van der Waals surface area contributed by atoms with Gasteiger partial charge in [-0.25, -0.2) is 0 Å². The summed E-state index contributed by atoms with van der Waals surface area (Å²) in [6, 6.07) is 16.1. The van der Waals surface area contributed by atoms with Gasteiger partial charge in [-0.05, 0) is 61.4 Å². The lowest BCUT2D eigenvalue weighted by atomic mass is 10.1. The predicted molar refractivity (Wildman–Crippen MR) is 118 cm³/mol. The molecule has 2 aromatic carbocycles. The maximum Gasteiger partial charge on any atom is 0.119 e. The molecular formula is C26H34O2. The largest absolute Gasteiger partial charge is 0.494 e. The molecule has 2 nitrogen and oxygen atoms in total. The van der Waals surface area contributed by atoms with E-state index in [4.69, 9.17) is 9.47 Å². The van der Waals surface area contributed by atoms with Crippen molar-refractivity contribution < 1.29 is 9.47 Å². The van der Waals surface area contributed by atoms with Crippen LogP contribution in [0.2, 0.25) is 0 Å². The van der Waals surface area contributed by atoms with Gasteiger partial charge in [-0.1, -0.05) is 64.2 Å². The van der Waals surface area contributed by atoms with E-state index in [-0.39, 0.29) is 0 Å². The molecule has 0 aliphatic carbocycles. The van der Waals surface area contributed by atoms with Gasteiger partial charge in [0.05, 0.1) is 13.2 Å². The summed E-state index contributed by atoms with van der Waals surface area (Å²) < 4.78 is 11.6. The van der Waals surface area contributed by atoms with Crippen LogP contribution in [0.5, 0.6) is 11.5 Å². The van der Waals surface area contributed by atoms with Crippen LogP contribution in [0.25, 0.3) is 0 Å². The molecule has 2 heteroatoms. The van der Waals surface area contributed by atoms with Crippen molar-refractivity contribution >= 4 is 0 Å². The van der Waals surface area contributed by atoms with Gasteiger partial charge in [-0.15, -0.1) is 0 Å². The molecule has 0 aromatic heterocycles. The second-order valence-electron chi connectivity index (χ2n) is 7.12. The van der Waals surface area contributed by atoms with Crippen LogP contribution in [0.4, 0.5) is 0 Å². The van der Waals surface area contributed by atoms with Gasteiger partial charge in [-0.3, -0.25) is 0 Å². The number of rotatable bonds is 12. The maximum atomic E-state index is 5.78. The molecule has 0 aliphatic rings. The zero-order chi connectivity index (χ0) is 19.9. The lowest BCUT2D eigenvalue weighted by Crippen LogP contribution is -1.97. The third-order valence-corrected chi connectivity index (χ3v) is 4.59. The molecule has 0 saturated heterocycles. The fourth-order valence-electron chi connectivity index (χ4n) is 2.85. The Balaban J connectivity index is 1.76. The quantitative estimate of drug-likeness (QED) is 0.292. The van der Waals surface area contributed by atoms with Crippen LogP contribution in [0.3, 0.4) is 0 Å². The van der Waals surface area contributed by atoms with Crippen LogP contribution in [0.15, 0.2) is 48.5 Å². The molecule has 0 radical (unpaired) electrons. The molecule has 2 aromatic rings. The Morgan fingerprint density at radius 1 is 0.536 bits per heavy atom. The number of ether oxygens (including phenoxy) is 2. The van der Waals surface area contributed by atoms with E-state index in [0.717, 1.165) is 48.7 Å². The van der Waals surface area contributed by atoms with Crippen molar-refractivity contribution in [2.75, 3.05) is 13.2 Å². The topological polar surface area (TPSA) is 18.5 Å². The van der Waals surface area contributed by atoms with Gasteiger partial charge in [0.25, 0.3) is 0 Å². The van der Waals surface area contributed by atoms with Crippen molar-refractivity contribution in [3.05, 3.63) is 59.7 Å². The van der Waals surface area contributed by atoms with Crippen LogP contribution in [-0.4, -0.2) is 13.2 Å². The highest BCUT2D eigenvalue weighted by Gasteiger charge is 1.96. The Bertz CT molecular complexity index is 643. The standard InChI is InChI=1S/C26H34O2/c1-3-5-7-9-21-27-25-17-13-23(14-18-25)11-12-24-15-19-26(20-16-24)28-22-10-8-6-4-2/h13-20H,3-10,21-22H2,1-2H3. The zero-order valence-electron chi connectivity index (χ0n) is 17.5. The summed E-state index contributed by atoms with van der Waals surface area (Å²) in [5, 5.41) is 0. The molecule has 0 N–H and O–H groups in total. The third kappa shape index (κ3) is 9.00. The molecule has 2 rings (SSSR count). The minimum atomic E-state index is 0.790. The SMILES string of the molecule is CCCCCCOc1ccc(C#Cc2ccc(OCCCCCC)cc2)cc1. The fraction of sp³-hybridized carbons (Fsp3) is 0.462. The highest BCUT2D eigenvalue weighted by molar-refractivity contribution is 5.45. The van der Waals surface area contributed by atoms with E-state index in [9.17, 15) is 0 Å². The first-order valence-electron chi connectivity index (χ1n) is 10.8. The summed E-state index contributed by atoms with van der Waals surface area (Å²) in [4.78, 5) is 0. The van der Waals surface area contributed by atoms with Crippen molar-refractivity contribution in [3.63, 3.8) is 0 Å². The average molecular weight is 379 g/mol. The van der Waals surface area contributed by atoms with Gasteiger partial charge in [-0.2, -0.15) is 0 Å². The minimum absolute atomic E-state index is 0.790. The van der Waals surface area contributed by atoms with Crippen LogP contribution in [-0.2, 0) is 0 Å². The van der Waals surface area contributed by atoms with Crippen LogP contribution in [0, 0.1) is 11.8 Å². The maximum absolute atomic E-state index is 5.78. The molecule has 0 bridgehead atoms. The Morgan fingerprint density at radius 2 is 0.929 bits per heavy atom. The number of hydrogen-bond donors (Lipinski definition) is 0. The van der Waals surface area contributed by atoms with Crippen molar-refractivity contribution in [1.82, 2.24) is 0 Å². The molecule has 0 fully saturated rings. The molecule has 0 spiro atoms. The van der Waals surface area contributed by atoms with Gasteiger partial charge >= 0.3 is 0 Å². The summed E-state index contributed by atoms with van der Waals surface area (Å²) in [6.07, 6.45) is 9.78. The van der Waals surface area contributed by atoms with E-state index < -0.39 is 0 Å². The third-order valence-electron chi connectivity index (χ3n) is 4.59. The Hall–Kier alpha value is -2.40. The van der Waals surface area contributed by atoms with E-state index >= 15 is 0 Å². The number of benzene rings is 2. The summed E-state index contributed by atoms with van der Waals surface area (Å²) in [5.74, 6) is 8.26. The van der Waals surface area contributed by atoms with Crippen molar-refractivity contribution in [1.29, 1.82) is 0 Å². The van der Waals surface area contributed by atoms with Crippen LogP contribution < -0.4 is 9.47 Å². The molecular weight excluding hydrogens is 344 g/mol. The smallest absolute Gasteiger partial charge is 0.119 e. The Kier molecular flexibility index (Phi) is 10.7. The van der Waals surface area contributed by atoms with Gasteiger partial charge < -0.3 is 9.47 Å². The van der Waals surface area contributed by atoms with E-state index in [0.29, 0.717) is 0 Å². The first-order valence-corrected chi connectivity index (χ1v) is 10.8. The second-order valence-corrected chi connectivity index (χ2v) is 7.12. The highest BCUT2D eigenvalue weighted by atomic mass is 16.5.